The van der Waals surface area contributed by atoms with Crippen molar-refractivity contribution in [1.29, 1.82) is 0 Å². The number of benzene rings is 1. The summed E-state index contributed by atoms with van der Waals surface area (Å²) in [6.45, 7) is 6.36. The summed E-state index contributed by atoms with van der Waals surface area (Å²) in [5.74, 6) is -2.99. The molecule has 0 fully saturated rings. The Hall–Kier alpha value is -2.97. The lowest BCUT2D eigenvalue weighted by molar-refractivity contribution is -0.155. The van der Waals surface area contributed by atoms with Gasteiger partial charge in [0.2, 0.25) is 11.8 Å². The number of hydrogen-bond donors (Lipinski definition) is 2. The van der Waals surface area contributed by atoms with Crippen molar-refractivity contribution in [3.8, 4) is 0 Å². The van der Waals surface area contributed by atoms with Crippen LogP contribution in [0.2, 0.25) is 0 Å². The Labute approximate surface area is 175 Å². The van der Waals surface area contributed by atoms with Gasteiger partial charge in [0.1, 0.15) is 23.5 Å². The first-order valence-corrected chi connectivity index (χ1v) is 9.53. The molecule has 0 aliphatic rings. The van der Waals surface area contributed by atoms with Crippen LogP contribution in [-0.2, 0) is 35.1 Å². The third-order valence-corrected chi connectivity index (χ3v) is 3.94. The Kier molecular flexibility index (Phi) is 9.42. The average Bonchev–Trinajstić information content (AvgIpc) is 2.63. The van der Waals surface area contributed by atoms with Gasteiger partial charge in [0, 0.05) is 19.8 Å². The molecule has 1 aromatic carbocycles. The topological polar surface area (TPSA) is 111 Å². The van der Waals surface area contributed by atoms with Crippen LogP contribution in [0.5, 0.6) is 0 Å². The third-order valence-electron chi connectivity index (χ3n) is 3.94. The van der Waals surface area contributed by atoms with Crippen LogP contribution in [0, 0.1) is 5.82 Å². The fourth-order valence-electron chi connectivity index (χ4n) is 2.66. The number of carbonyl (C=O) groups excluding carboxylic acids is 4. The molecule has 0 radical (unpaired) electrons. The van der Waals surface area contributed by atoms with Crippen LogP contribution in [-0.4, -0.2) is 48.5 Å². The van der Waals surface area contributed by atoms with E-state index < -0.39 is 47.3 Å². The molecule has 0 bridgehead atoms. The molecule has 1 rings (SSSR count). The predicted octanol–water partition coefficient (Wildman–Crippen LogP) is 1.65. The summed E-state index contributed by atoms with van der Waals surface area (Å²) in [5.41, 5.74) is -0.452. The summed E-state index contributed by atoms with van der Waals surface area (Å²) in [6, 6.07) is 3.61. The smallest absolute Gasteiger partial charge is 0.328 e. The zero-order valence-corrected chi connectivity index (χ0v) is 17.9. The molecule has 2 amide bonds. The highest BCUT2D eigenvalue weighted by Gasteiger charge is 2.28. The van der Waals surface area contributed by atoms with Gasteiger partial charge in [0.25, 0.3) is 0 Å². The van der Waals surface area contributed by atoms with E-state index >= 15 is 0 Å². The van der Waals surface area contributed by atoms with Crippen LogP contribution in [0.1, 0.15) is 46.1 Å². The van der Waals surface area contributed by atoms with Crippen molar-refractivity contribution >= 4 is 23.8 Å². The number of methoxy groups -OCH3 is 1. The highest BCUT2D eigenvalue weighted by Crippen LogP contribution is 2.12. The van der Waals surface area contributed by atoms with Gasteiger partial charge in [-0.15, -0.1) is 0 Å². The van der Waals surface area contributed by atoms with Crippen LogP contribution in [0.4, 0.5) is 4.39 Å². The molecule has 0 saturated heterocycles. The van der Waals surface area contributed by atoms with E-state index in [1.165, 1.54) is 25.1 Å². The van der Waals surface area contributed by atoms with Crippen molar-refractivity contribution in [3.63, 3.8) is 0 Å². The lowest BCUT2D eigenvalue weighted by atomic mass is 10.0. The Bertz CT molecular complexity index is 775. The maximum absolute atomic E-state index is 14.0. The number of hydrogen-bond acceptors (Lipinski definition) is 6. The van der Waals surface area contributed by atoms with Crippen molar-refractivity contribution in [2.24, 2.45) is 0 Å². The van der Waals surface area contributed by atoms with Crippen LogP contribution in [0.3, 0.4) is 0 Å². The zero-order valence-electron chi connectivity index (χ0n) is 17.9. The molecule has 2 N–H and O–H groups in total. The molecule has 0 heterocycles. The van der Waals surface area contributed by atoms with Crippen LogP contribution in [0.15, 0.2) is 24.3 Å². The molecule has 0 aliphatic carbocycles. The SMILES string of the molecule is COC(=O)[C@H](CCC(=O)OC(C)(C)C)NC(=O)[C@H](Cc1ccccc1F)NC(C)=O. The van der Waals surface area contributed by atoms with Crippen molar-refractivity contribution in [2.75, 3.05) is 7.11 Å². The second-order valence-corrected chi connectivity index (χ2v) is 7.76. The van der Waals surface area contributed by atoms with E-state index in [9.17, 15) is 23.6 Å². The molecule has 0 unspecified atom stereocenters. The zero-order chi connectivity index (χ0) is 22.9. The van der Waals surface area contributed by atoms with Gasteiger partial charge in [-0.3, -0.25) is 14.4 Å². The highest BCUT2D eigenvalue weighted by atomic mass is 19.1. The van der Waals surface area contributed by atoms with Gasteiger partial charge in [0.15, 0.2) is 0 Å². The van der Waals surface area contributed by atoms with E-state index in [0.29, 0.717) is 0 Å². The standard InChI is InChI=1S/C21H29FN2O6/c1-13(25)23-17(12-14-8-6-7-9-15(14)22)19(27)24-16(20(28)29-5)10-11-18(26)30-21(2,3)4/h6-9,16-17H,10-12H2,1-5H3,(H,23,25)(H,24,27)/t16-,17-/m0/s1. The van der Waals surface area contributed by atoms with E-state index in [1.54, 1.807) is 26.8 Å². The minimum absolute atomic E-state index is 0.0557. The average molecular weight is 424 g/mol. The van der Waals surface area contributed by atoms with Crippen molar-refractivity contribution in [3.05, 3.63) is 35.6 Å². The van der Waals surface area contributed by atoms with E-state index in [4.69, 9.17) is 9.47 Å². The lowest BCUT2D eigenvalue weighted by Gasteiger charge is -2.23. The van der Waals surface area contributed by atoms with E-state index in [0.717, 1.165) is 7.11 Å². The molecule has 0 aliphatic heterocycles. The molecule has 166 valence electrons. The maximum atomic E-state index is 14.0. The molecule has 0 spiro atoms. The largest absolute Gasteiger partial charge is 0.467 e. The molecule has 9 heteroatoms. The van der Waals surface area contributed by atoms with Gasteiger partial charge in [-0.25, -0.2) is 9.18 Å². The van der Waals surface area contributed by atoms with Gasteiger partial charge < -0.3 is 20.1 Å². The number of esters is 2. The molecule has 30 heavy (non-hydrogen) atoms. The number of carbonyl (C=O) groups is 4. The van der Waals surface area contributed by atoms with Crippen LogP contribution < -0.4 is 10.6 Å². The third kappa shape index (κ3) is 9.02. The fourth-order valence-corrected chi connectivity index (χ4v) is 2.66. The molecule has 8 nitrogen and oxygen atoms in total. The maximum Gasteiger partial charge on any atom is 0.328 e. The van der Waals surface area contributed by atoms with Gasteiger partial charge in [0.05, 0.1) is 7.11 Å². The highest BCUT2D eigenvalue weighted by molar-refractivity contribution is 5.90. The Morgan fingerprint density at radius 2 is 1.70 bits per heavy atom. The molecule has 1 aromatic rings. The molecule has 2 atom stereocenters. The number of ether oxygens (including phenoxy) is 2. The Balaban J connectivity index is 2.88. The van der Waals surface area contributed by atoms with E-state index in [2.05, 4.69) is 10.6 Å². The van der Waals surface area contributed by atoms with Gasteiger partial charge in [-0.2, -0.15) is 0 Å². The normalized spacial score (nSPS) is 13.0. The van der Waals surface area contributed by atoms with E-state index in [1.807, 2.05) is 0 Å². The summed E-state index contributed by atoms with van der Waals surface area (Å²) in [5, 5.41) is 4.92. The number of rotatable bonds is 9. The Morgan fingerprint density at radius 3 is 2.23 bits per heavy atom. The van der Waals surface area contributed by atoms with Crippen molar-refractivity contribution < 1.29 is 33.0 Å². The van der Waals surface area contributed by atoms with Crippen LogP contribution in [0.25, 0.3) is 0 Å². The first kappa shape index (κ1) is 25.1. The van der Waals surface area contributed by atoms with Crippen molar-refractivity contribution in [1.82, 2.24) is 10.6 Å². The molecule has 0 aromatic heterocycles. The van der Waals surface area contributed by atoms with Crippen LogP contribution >= 0.6 is 0 Å². The second-order valence-electron chi connectivity index (χ2n) is 7.76. The monoisotopic (exact) mass is 424 g/mol. The summed E-state index contributed by atoms with van der Waals surface area (Å²) in [4.78, 5) is 48.2. The lowest BCUT2D eigenvalue weighted by Crippen LogP contribution is -2.52. The number of nitrogens with one attached hydrogen (secondary N) is 2. The second kappa shape index (κ2) is 11.3. The summed E-state index contributed by atoms with van der Waals surface area (Å²) in [7, 11) is 1.15. The molecular formula is C21H29FN2O6. The first-order valence-electron chi connectivity index (χ1n) is 9.53. The van der Waals surface area contributed by atoms with Gasteiger partial charge in [-0.05, 0) is 38.8 Å². The first-order chi connectivity index (χ1) is 13.9. The van der Waals surface area contributed by atoms with Gasteiger partial charge in [-0.1, -0.05) is 18.2 Å². The number of halogens is 1. The summed E-state index contributed by atoms with van der Waals surface area (Å²) < 4.78 is 23.9. The Morgan fingerprint density at radius 1 is 1.07 bits per heavy atom. The predicted molar refractivity (Wildman–Crippen MR) is 107 cm³/mol. The van der Waals surface area contributed by atoms with Gasteiger partial charge >= 0.3 is 11.9 Å². The summed E-state index contributed by atoms with van der Waals surface area (Å²) >= 11 is 0. The fraction of sp³-hybridized carbons (Fsp3) is 0.524. The number of amides is 2. The van der Waals surface area contributed by atoms with E-state index in [-0.39, 0.29) is 24.8 Å². The minimum Gasteiger partial charge on any atom is -0.467 e. The molecule has 0 saturated carbocycles. The van der Waals surface area contributed by atoms with Crippen molar-refractivity contribution in [2.45, 2.75) is 64.6 Å². The molecular weight excluding hydrogens is 395 g/mol. The minimum atomic E-state index is -1.13. The summed E-state index contributed by atoms with van der Waals surface area (Å²) in [6.07, 6.45) is -0.298. The quantitative estimate of drug-likeness (QED) is 0.583.